The fourth-order valence-corrected chi connectivity index (χ4v) is 1.41. The van der Waals surface area contributed by atoms with Gasteiger partial charge < -0.3 is 14.3 Å². The first kappa shape index (κ1) is 11.1. The van der Waals surface area contributed by atoms with E-state index in [-0.39, 0.29) is 0 Å². The molecule has 8 heteroatoms. The van der Waals surface area contributed by atoms with Crippen LogP contribution in [-0.4, -0.2) is 39.4 Å². The van der Waals surface area contributed by atoms with E-state index in [2.05, 4.69) is 19.4 Å². The number of nitrogens with two attached hydrogens (primary N) is 1. The number of fused-ring (bicyclic) bond motifs is 1. The summed E-state index contributed by atoms with van der Waals surface area (Å²) in [6.45, 7) is 0.497. The number of hydrazine groups is 1. The molecule has 1 aliphatic rings. The van der Waals surface area contributed by atoms with Gasteiger partial charge in [-0.3, -0.25) is 10.4 Å². The number of nitrogens with one attached hydrogen (secondary N) is 2. The normalized spacial score (nSPS) is 14.1. The molecule has 2 aromatic rings. The van der Waals surface area contributed by atoms with Crippen molar-refractivity contribution in [3.8, 4) is 0 Å². The molecule has 3 rings (SSSR count). The molecule has 0 amide bonds. The maximum absolute atomic E-state index is 7.66. The summed E-state index contributed by atoms with van der Waals surface area (Å²) < 4.78 is 4.47. The third-order valence-corrected chi connectivity index (χ3v) is 2.22. The molecule has 0 aliphatic carbocycles. The molecule has 1 aliphatic heterocycles. The predicted octanol–water partition coefficient (Wildman–Crippen LogP) is -0.00733. The Morgan fingerprint density at radius 1 is 1.59 bits per heavy atom. The largest absolute Gasteiger partial charge is 0.452 e. The van der Waals surface area contributed by atoms with Gasteiger partial charge >= 0.3 is 0 Å². The Balaban J connectivity index is 0.000000181. The zero-order chi connectivity index (χ0) is 12.3. The van der Waals surface area contributed by atoms with E-state index in [4.69, 9.17) is 11.3 Å². The smallest absolute Gasteiger partial charge is 0.180 e. The van der Waals surface area contributed by atoms with Crippen LogP contribution in [0.1, 0.15) is 5.69 Å². The van der Waals surface area contributed by atoms with Crippen molar-refractivity contribution in [3.63, 3.8) is 0 Å². The van der Waals surface area contributed by atoms with E-state index in [1.54, 1.807) is 11.1 Å². The Morgan fingerprint density at radius 3 is 3.00 bits per heavy atom. The van der Waals surface area contributed by atoms with E-state index in [9.17, 15) is 0 Å². The second-order valence-electron chi connectivity index (χ2n) is 3.43. The van der Waals surface area contributed by atoms with Crippen molar-refractivity contribution in [1.29, 1.82) is 5.41 Å². The maximum atomic E-state index is 7.66. The number of anilines is 1. The molecule has 90 valence electrons. The number of H-pyrrole nitrogens is 1. The first-order valence-electron chi connectivity index (χ1n) is 4.88. The highest BCUT2D eigenvalue weighted by atomic mass is 16.3. The van der Waals surface area contributed by atoms with Crippen molar-refractivity contribution in [2.45, 2.75) is 0 Å². The van der Waals surface area contributed by atoms with Crippen LogP contribution in [0.15, 0.2) is 29.6 Å². The van der Waals surface area contributed by atoms with Gasteiger partial charge in [0.1, 0.15) is 24.5 Å². The number of oxazole rings is 1. The highest BCUT2D eigenvalue weighted by Crippen LogP contribution is 2.19. The van der Waals surface area contributed by atoms with E-state index < -0.39 is 0 Å². The maximum Gasteiger partial charge on any atom is 0.180 e. The molecule has 3 heterocycles. The minimum Gasteiger partial charge on any atom is -0.452 e. The average Bonchev–Trinajstić information content (AvgIpc) is 2.99. The topological polar surface area (TPSA) is 111 Å². The fraction of sp³-hybridized carbons (Fsp3) is 0.222. The Bertz CT molecular complexity index is 460. The van der Waals surface area contributed by atoms with Gasteiger partial charge in [0.25, 0.3) is 0 Å². The van der Waals surface area contributed by atoms with Crippen molar-refractivity contribution in [2.75, 3.05) is 18.7 Å². The molecule has 2 aromatic heterocycles. The molecule has 8 nitrogen and oxygen atoms in total. The van der Waals surface area contributed by atoms with Gasteiger partial charge in [-0.2, -0.15) is 0 Å². The summed E-state index contributed by atoms with van der Waals surface area (Å²) in [5.41, 5.74) is 0.672. The molecule has 0 saturated carbocycles. The van der Waals surface area contributed by atoms with Crippen LogP contribution >= 0.6 is 0 Å². The van der Waals surface area contributed by atoms with Crippen LogP contribution in [0.4, 0.5) is 5.82 Å². The van der Waals surface area contributed by atoms with Crippen molar-refractivity contribution in [3.05, 3.63) is 30.9 Å². The molecule has 4 N–H and O–H groups in total. The number of imidazole rings is 1. The van der Waals surface area contributed by atoms with Gasteiger partial charge in [0, 0.05) is 7.05 Å². The molecular formula is C9H13N7O. The van der Waals surface area contributed by atoms with Gasteiger partial charge in [-0.1, -0.05) is 0 Å². The highest BCUT2D eigenvalue weighted by Gasteiger charge is 2.24. The van der Waals surface area contributed by atoms with Gasteiger partial charge in [-0.15, -0.1) is 0 Å². The summed E-state index contributed by atoms with van der Waals surface area (Å²) >= 11 is 0. The molecule has 0 saturated heterocycles. The van der Waals surface area contributed by atoms with Crippen molar-refractivity contribution in [1.82, 2.24) is 19.9 Å². The molecule has 0 fully saturated rings. The molecule has 0 aromatic carbocycles. The second kappa shape index (κ2) is 4.66. The quantitative estimate of drug-likeness (QED) is 0.554. The number of hydrogen-bond acceptors (Lipinski definition) is 6. The van der Waals surface area contributed by atoms with Gasteiger partial charge in [-0.25, -0.2) is 15.8 Å². The number of amidine groups is 1. The third-order valence-electron chi connectivity index (χ3n) is 2.22. The summed E-state index contributed by atoms with van der Waals surface area (Å²) in [6, 6.07) is 0. The lowest BCUT2D eigenvalue weighted by molar-refractivity contribution is 0.476. The lowest BCUT2D eigenvalue weighted by atomic mass is 10.3. The summed E-state index contributed by atoms with van der Waals surface area (Å²) in [5, 5.41) is 9.16. The van der Waals surface area contributed by atoms with Crippen LogP contribution in [-0.2, 0) is 0 Å². The first-order valence-corrected chi connectivity index (χ1v) is 4.88. The zero-order valence-electron chi connectivity index (χ0n) is 9.29. The Kier molecular flexibility index (Phi) is 3.06. The average molecular weight is 235 g/mol. The lowest BCUT2D eigenvalue weighted by Crippen LogP contribution is -2.48. The van der Waals surface area contributed by atoms with Gasteiger partial charge in [0.2, 0.25) is 0 Å². The Hall–Kier alpha value is -2.35. The standard InChI is InChI=1S/C6H10N6.C3H3NO/c1-11-3-12(8)6-4(5(11)7)9-2-10-6;1-2-5-3-4-1/h2,7H,3,8H2,1H3,(H,9,10);1-3H. The first-order chi connectivity index (χ1) is 8.20. The van der Waals surface area contributed by atoms with E-state index in [1.165, 1.54) is 24.0 Å². The molecule has 0 atom stereocenters. The van der Waals surface area contributed by atoms with E-state index >= 15 is 0 Å². The van der Waals surface area contributed by atoms with Crippen LogP contribution in [0.25, 0.3) is 0 Å². The molecule has 0 bridgehead atoms. The van der Waals surface area contributed by atoms with Crippen LogP contribution in [0.3, 0.4) is 0 Å². The number of hydrogen-bond donors (Lipinski definition) is 3. The van der Waals surface area contributed by atoms with Crippen molar-refractivity contribution in [2.24, 2.45) is 5.84 Å². The molecule has 0 spiro atoms. The zero-order valence-corrected chi connectivity index (χ0v) is 9.29. The van der Waals surface area contributed by atoms with Crippen LogP contribution in [0, 0.1) is 5.41 Å². The molecule has 0 radical (unpaired) electrons. The Labute approximate surface area is 97.5 Å². The van der Waals surface area contributed by atoms with Crippen LogP contribution in [0.2, 0.25) is 0 Å². The van der Waals surface area contributed by atoms with Gasteiger partial charge in [0.15, 0.2) is 12.2 Å². The second-order valence-corrected chi connectivity index (χ2v) is 3.43. The van der Waals surface area contributed by atoms with Crippen LogP contribution in [0.5, 0.6) is 0 Å². The van der Waals surface area contributed by atoms with Crippen LogP contribution < -0.4 is 10.9 Å². The fourth-order valence-electron chi connectivity index (χ4n) is 1.41. The van der Waals surface area contributed by atoms with E-state index in [0.717, 1.165) is 0 Å². The monoisotopic (exact) mass is 235 g/mol. The number of aromatic nitrogens is 3. The molecular weight excluding hydrogens is 222 g/mol. The SMILES string of the molecule is CN1CN(N)c2nc[nH]c2C1=N.c1cocn1. The minimum absolute atomic E-state index is 0.421. The lowest BCUT2D eigenvalue weighted by Gasteiger charge is -2.31. The third kappa shape index (κ3) is 2.26. The summed E-state index contributed by atoms with van der Waals surface area (Å²) in [6.07, 6.45) is 6.01. The van der Waals surface area contributed by atoms with E-state index in [1.807, 2.05) is 7.05 Å². The summed E-state index contributed by atoms with van der Waals surface area (Å²) in [4.78, 5) is 12.2. The number of aromatic amines is 1. The summed E-state index contributed by atoms with van der Waals surface area (Å²) in [5.74, 6) is 6.71. The van der Waals surface area contributed by atoms with E-state index in [0.29, 0.717) is 24.0 Å². The van der Waals surface area contributed by atoms with Gasteiger partial charge in [0.05, 0.1) is 12.5 Å². The van der Waals surface area contributed by atoms with Crippen molar-refractivity contribution >= 4 is 11.7 Å². The number of nitrogens with zero attached hydrogens (tertiary/aromatic N) is 4. The molecule has 17 heavy (non-hydrogen) atoms. The highest BCUT2D eigenvalue weighted by molar-refractivity contribution is 6.00. The van der Waals surface area contributed by atoms with Gasteiger partial charge in [-0.05, 0) is 0 Å². The number of rotatable bonds is 0. The van der Waals surface area contributed by atoms with Crippen molar-refractivity contribution < 1.29 is 4.42 Å². The Morgan fingerprint density at radius 2 is 2.41 bits per heavy atom. The minimum atomic E-state index is 0.421. The predicted molar refractivity (Wildman–Crippen MR) is 61.2 cm³/mol. The molecule has 0 unspecified atom stereocenters. The summed E-state index contributed by atoms with van der Waals surface area (Å²) in [7, 11) is 1.81.